The third-order valence-corrected chi connectivity index (χ3v) is 3.89. The summed E-state index contributed by atoms with van der Waals surface area (Å²) in [5.74, 6) is 2.23. The Morgan fingerprint density at radius 2 is 1.96 bits per heavy atom. The van der Waals surface area contributed by atoms with Crippen molar-refractivity contribution in [2.75, 3.05) is 6.61 Å². The summed E-state index contributed by atoms with van der Waals surface area (Å²) < 4.78 is 13.2. The second kappa shape index (κ2) is 8.64. The average Bonchev–Trinajstić information content (AvgIpc) is 3.02. The Morgan fingerprint density at radius 1 is 1.19 bits per heavy atom. The van der Waals surface area contributed by atoms with Gasteiger partial charge in [0.25, 0.3) is 0 Å². The standard InChI is InChI=1S/C20H22N4O2S/c1-4-25-17-10-8-15(9-11-17)13-21-24-19(22-23-20(24)27)16-6-5-7-18(12-16)26-14(2)3/h5-14H,4H2,1-3H3,(H,23,27)/b21-13-. The molecule has 0 saturated carbocycles. The van der Waals surface area contributed by atoms with Gasteiger partial charge in [0.1, 0.15) is 11.5 Å². The molecule has 0 spiro atoms. The second-order valence-electron chi connectivity index (χ2n) is 6.11. The van der Waals surface area contributed by atoms with Gasteiger partial charge in [-0.05, 0) is 75.0 Å². The molecule has 0 bridgehead atoms. The van der Waals surface area contributed by atoms with Crippen LogP contribution in [-0.4, -0.2) is 33.8 Å². The van der Waals surface area contributed by atoms with Crippen molar-refractivity contribution in [3.05, 3.63) is 58.9 Å². The molecule has 1 N–H and O–H groups in total. The molecular formula is C20H22N4O2S. The van der Waals surface area contributed by atoms with Crippen molar-refractivity contribution < 1.29 is 9.47 Å². The normalized spacial score (nSPS) is 11.3. The van der Waals surface area contributed by atoms with Crippen molar-refractivity contribution >= 4 is 18.4 Å². The lowest BCUT2D eigenvalue weighted by atomic mass is 10.2. The lowest BCUT2D eigenvalue weighted by molar-refractivity contribution is 0.242. The Hall–Kier alpha value is -2.93. The summed E-state index contributed by atoms with van der Waals surface area (Å²) in [7, 11) is 0. The highest BCUT2D eigenvalue weighted by Crippen LogP contribution is 2.23. The lowest BCUT2D eigenvalue weighted by Crippen LogP contribution is -2.05. The summed E-state index contributed by atoms with van der Waals surface area (Å²) >= 11 is 5.33. The maximum atomic E-state index is 5.76. The zero-order chi connectivity index (χ0) is 19.2. The first-order valence-electron chi connectivity index (χ1n) is 8.78. The van der Waals surface area contributed by atoms with Crippen LogP contribution in [0.1, 0.15) is 26.3 Å². The fourth-order valence-corrected chi connectivity index (χ4v) is 2.69. The van der Waals surface area contributed by atoms with Gasteiger partial charge in [-0.25, -0.2) is 5.10 Å². The van der Waals surface area contributed by atoms with E-state index in [1.807, 2.05) is 69.3 Å². The number of H-pyrrole nitrogens is 1. The molecule has 3 aromatic rings. The van der Waals surface area contributed by atoms with Crippen LogP contribution in [0, 0.1) is 4.77 Å². The maximum Gasteiger partial charge on any atom is 0.216 e. The fourth-order valence-electron chi connectivity index (χ4n) is 2.51. The van der Waals surface area contributed by atoms with Crippen LogP contribution in [0.2, 0.25) is 0 Å². The minimum atomic E-state index is 0.0961. The number of hydrogen-bond donors (Lipinski definition) is 1. The van der Waals surface area contributed by atoms with E-state index in [0.29, 0.717) is 17.2 Å². The van der Waals surface area contributed by atoms with Crippen molar-refractivity contribution in [2.45, 2.75) is 26.9 Å². The highest BCUT2D eigenvalue weighted by atomic mass is 32.1. The van der Waals surface area contributed by atoms with Crippen LogP contribution in [0.25, 0.3) is 11.4 Å². The van der Waals surface area contributed by atoms with E-state index in [1.54, 1.807) is 10.9 Å². The number of benzene rings is 2. The van der Waals surface area contributed by atoms with Gasteiger partial charge < -0.3 is 9.47 Å². The molecule has 0 atom stereocenters. The molecule has 0 aliphatic rings. The minimum absolute atomic E-state index is 0.0961. The maximum absolute atomic E-state index is 5.76. The van der Waals surface area contributed by atoms with E-state index in [2.05, 4.69) is 15.3 Å². The van der Waals surface area contributed by atoms with Gasteiger partial charge in [0, 0.05) is 5.56 Å². The SMILES string of the molecule is CCOc1ccc(/C=N\n2c(-c3cccc(OC(C)C)c3)n[nH]c2=S)cc1. The van der Waals surface area contributed by atoms with Gasteiger partial charge >= 0.3 is 0 Å². The van der Waals surface area contributed by atoms with E-state index in [-0.39, 0.29) is 6.10 Å². The first-order chi connectivity index (χ1) is 13.1. The molecule has 140 valence electrons. The van der Waals surface area contributed by atoms with E-state index < -0.39 is 0 Å². The summed E-state index contributed by atoms with van der Waals surface area (Å²) in [4.78, 5) is 0. The highest BCUT2D eigenvalue weighted by molar-refractivity contribution is 7.71. The summed E-state index contributed by atoms with van der Waals surface area (Å²) in [5, 5.41) is 11.6. The number of aromatic amines is 1. The predicted octanol–water partition coefficient (Wildman–Crippen LogP) is 4.68. The van der Waals surface area contributed by atoms with Crippen LogP contribution in [0.4, 0.5) is 0 Å². The molecule has 27 heavy (non-hydrogen) atoms. The Morgan fingerprint density at radius 3 is 2.67 bits per heavy atom. The Labute approximate surface area is 163 Å². The van der Waals surface area contributed by atoms with Crippen LogP contribution in [-0.2, 0) is 0 Å². The predicted molar refractivity (Wildman–Crippen MR) is 109 cm³/mol. The highest BCUT2D eigenvalue weighted by Gasteiger charge is 2.09. The van der Waals surface area contributed by atoms with E-state index in [9.17, 15) is 0 Å². The molecule has 0 saturated heterocycles. The second-order valence-corrected chi connectivity index (χ2v) is 6.49. The van der Waals surface area contributed by atoms with Gasteiger partial charge in [0.2, 0.25) is 4.77 Å². The van der Waals surface area contributed by atoms with E-state index >= 15 is 0 Å². The van der Waals surface area contributed by atoms with Gasteiger partial charge in [-0.15, -0.1) is 0 Å². The van der Waals surface area contributed by atoms with Gasteiger partial charge in [-0.1, -0.05) is 12.1 Å². The molecule has 0 aliphatic heterocycles. The average molecular weight is 382 g/mol. The topological polar surface area (TPSA) is 64.4 Å². The quantitative estimate of drug-likeness (QED) is 0.476. The molecule has 3 rings (SSSR count). The first kappa shape index (κ1) is 18.8. The minimum Gasteiger partial charge on any atom is -0.494 e. The van der Waals surface area contributed by atoms with Gasteiger partial charge in [-0.3, -0.25) is 0 Å². The number of ether oxygens (including phenoxy) is 2. The summed E-state index contributed by atoms with van der Waals surface area (Å²) in [6.07, 6.45) is 1.83. The third kappa shape index (κ3) is 4.83. The van der Waals surface area contributed by atoms with Crippen molar-refractivity contribution in [3.63, 3.8) is 0 Å². The van der Waals surface area contributed by atoms with Gasteiger partial charge in [0.05, 0.1) is 18.9 Å². The largest absolute Gasteiger partial charge is 0.494 e. The van der Waals surface area contributed by atoms with E-state index in [4.69, 9.17) is 21.7 Å². The number of nitrogens with one attached hydrogen (secondary N) is 1. The van der Waals surface area contributed by atoms with Gasteiger partial charge in [0.15, 0.2) is 5.82 Å². The van der Waals surface area contributed by atoms with Crippen LogP contribution in [0.5, 0.6) is 11.5 Å². The van der Waals surface area contributed by atoms with Crippen molar-refractivity contribution in [1.29, 1.82) is 0 Å². The van der Waals surface area contributed by atoms with Gasteiger partial charge in [-0.2, -0.15) is 14.9 Å². The monoisotopic (exact) mass is 382 g/mol. The molecule has 0 amide bonds. The molecule has 0 fully saturated rings. The molecule has 0 radical (unpaired) electrons. The molecule has 1 aromatic heterocycles. The Kier molecular flexibility index (Phi) is 6.03. The van der Waals surface area contributed by atoms with E-state index in [1.165, 1.54) is 0 Å². The molecular weight excluding hydrogens is 360 g/mol. The summed E-state index contributed by atoms with van der Waals surface area (Å²) in [5.41, 5.74) is 1.80. The summed E-state index contributed by atoms with van der Waals surface area (Å²) in [6, 6.07) is 15.4. The van der Waals surface area contributed by atoms with Crippen LogP contribution in [0.15, 0.2) is 53.6 Å². The molecule has 6 nitrogen and oxygen atoms in total. The number of rotatable bonds is 7. The van der Waals surface area contributed by atoms with Crippen molar-refractivity contribution in [1.82, 2.24) is 14.9 Å². The number of hydrogen-bond acceptors (Lipinski definition) is 5. The number of nitrogens with zero attached hydrogens (tertiary/aromatic N) is 3. The van der Waals surface area contributed by atoms with Crippen LogP contribution in [0.3, 0.4) is 0 Å². The van der Waals surface area contributed by atoms with Crippen LogP contribution < -0.4 is 9.47 Å². The van der Waals surface area contributed by atoms with Crippen molar-refractivity contribution in [3.8, 4) is 22.9 Å². The van der Waals surface area contributed by atoms with E-state index in [0.717, 1.165) is 22.6 Å². The van der Waals surface area contributed by atoms with Crippen LogP contribution >= 0.6 is 12.2 Å². The smallest absolute Gasteiger partial charge is 0.216 e. The third-order valence-electron chi connectivity index (χ3n) is 3.63. The Balaban J connectivity index is 1.88. The van der Waals surface area contributed by atoms with Crippen molar-refractivity contribution in [2.24, 2.45) is 5.10 Å². The molecule has 1 heterocycles. The molecule has 7 heteroatoms. The fraction of sp³-hybridized carbons (Fsp3) is 0.250. The Bertz CT molecular complexity index is 974. The zero-order valence-corrected chi connectivity index (χ0v) is 16.4. The lowest BCUT2D eigenvalue weighted by Gasteiger charge is -2.10. The molecule has 0 unspecified atom stereocenters. The zero-order valence-electron chi connectivity index (χ0n) is 15.5. The molecule has 0 aliphatic carbocycles. The summed E-state index contributed by atoms with van der Waals surface area (Å²) in [6.45, 7) is 6.58. The molecule has 2 aromatic carbocycles. The first-order valence-corrected chi connectivity index (χ1v) is 9.19. The number of aromatic nitrogens is 3.